The largest absolute Gasteiger partial charge is 0.480 e. The van der Waals surface area contributed by atoms with Crippen molar-refractivity contribution in [2.45, 2.75) is 38.6 Å². The molecule has 1 atom stereocenters. The van der Waals surface area contributed by atoms with Crippen molar-refractivity contribution < 1.29 is 14.7 Å². The van der Waals surface area contributed by atoms with E-state index in [0.29, 0.717) is 25.2 Å². The number of amides is 1. The molecule has 2 rings (SSSR count). The van der Waals surface area contributed by atoms with Crippen LogP contribution in [0, 0.1) is 0 Å². The van der Waals surface area contributed by atoms with E-state index in [1.54, 1.807) is 0 Å². The van der Waals surface area contributed by atoms with Crippen LogP contribution in [0.25, 0.3) is 0 Å². The Hall–Kier alpha value is -1.92. The Labute approximate surface area is 104 Å². The van der Waals surface area contributed by atoms with Crippen LogP contribution in [-0.4, -0.2) is 49.7 Å². The minimum Gasteiger partial charge on any atom is -0.480 e. The highest BCUT2D eigenvalue weighted by atomic mass is 16.4. The number of hydrogen-bond acceptors (Lipinski definition) is 4. The van der Waals surface area contributed by atoms with Crippen molar-refractivity contribution in [1.82, 2.24) is 20.1 Å². The smallest absolute Gasteiger partial charge is 0.326 e. The van der Waals surface area contributed by atoms with Crippen molar-refractivity contribution in [3.8, 4) is 0 Å². The standard InChI is InChI=1S/C11H16N4O3/c1-2-4-8-12-9(14-13-8)10(16)15-6-3-5-7(15)11(17)18/h7H,2-6H2,1H3,(H,17,18)(H,12,13,14). The first kappa shape index (κ1) is 12.5. The van der Waals surface area contributed by atoms with Gasteiger partial charge in [0, 0.05) is 13.0 Å². The lowest BCUT2D eigenvalue weighted by Gasteiger charge is -2.19. The average molecular weight is 252 g/mol. The number of aromatic amines is 1. The number of aromatic nitrogens is 3. The number of H-pyrrole nitrogens is 1. The minimum absolute atomic E-state index is 0.0617. The van der Waals surface area contributed by atoms with E-state index in [0.717, 1.165) is 12.8 Å². The summed E-state index contributed by atoms with van der Waals surface area (Å²) in [7, 11) is 0. The number of hydrogen-bond donors (Lipinski definition) is 2. The molecule has 0 aliphatic carbocycles. The number of carboxylic acid groups (broad SMARTS) is 1. The number of likely N-dealkylation sites (tertiary alicyclic amines) is 1. The molecule has 1 amide bonds. The normalized spacial score (nSPS) is 19.2. The second kappa shape index (κ2) is 5.16. The number of carboxylic acids is 1. The van der Waals surface area contributed by atoms with Gasteiger partial charge in [-0.05, 0) is 19.3 Å². The van der Waals surface area contributed by atoms with Gasteiger partial charge in [0.1, 0.15) is 11.9 Å². The average Bonchev–Trinajstić information content (AvgIpc) is 2.96. The summed E-state index contributed by atoms with van der Waals surface area (Å²) in [5.74, 6) is -0.651. The van der Waals surface area contributed by atoms with E-state index in [4.69, 9.17) is 5.11 Å². The maximum absolute atomic E-state index is 12.1. The van der Waals surface area contributed by atoms with Gasteiger partial charge >= 0.3 is 5.97 Å². The zero-order chi connectivity index (χ0) is 13.1. The molecule has 0 spiro atoms. The van der Waals surface area contributed by atoms with Crippen LogP contribution >= 0.6 is 0 Å². The van der Waals surface area contributed by atoms with E-state index in [1.165, 1.54) is 4.90 Å². The first-order chi connectivity index (χ1) is 8.63. The third-order valence-corrected chi connectivity index (χ3v) is 3.01. The summed E-state index contributed by atoms with van der Waals surface area (Å²) in [6.45, 7) is 2.46. The number of nitrogens with one attached hydrogen (secondary N) is 1. The molecule has 1 unspecified atom stereocenters. The molecule has 7 nitrogen and oxygen atoms in total. The van der Waals surface area contributed by atoms with Crippen LogP contribution in [0.1, 0.15) is 42.6 Å². The van der Waals surface area contributed by atoms with Crippen molar-refractivity contribution >= 4 is 11.9 Å². The molecule has 2 heterocycles. The van der Waals surface area contributed by atoms with Crippen molar-refractivity contribution in [2.24, 2.45) is 0 Å². The highest BCUT2D eigenvalue weighted by Crippen LogP contribution is 2.19. The second-order valence-electron chi connectivity index (χ2n) is 4.35. The summed E-state index contributed by atoms with van der Waals surface area (Å²) in [4.78, 5) is 28.5. The lowest BCUT2D eigenvalue weighted by Crippen LogP contribution is -2.40. The van der Waals surface area contributed by atoms with Crippen LogP contribution < -0.4 is 0 Å². The van der Waals surface area contributed by atoms with E-state index < -0.39 is 17.9 Å². The zero-order valence-corrected chi connectivity index (χ0v) is 10.2. The Balaban J connectivity index is 2.12. The quantitative estimate of drug-likeness (QED) is 0.810. The Morgan fingerprint density at radius 3 is 3.00 bits per heavy atom. The van der Waals surface area contributed by atoms with E-state index in [1.807, 2.05) is 6.92 Å². The highest BCUT2D eigenvalue weighted by Gasteiger charge is 2.35. The van der Waals surface area contributed by atoms with E-state index >= 15 is 0 Å². The highest BCUT2D eigenvalue weighted by molar-refractivity contribution is 5.93. The van der Waals surface area contributed by atoms with Crippen LogP contribution in [0.4, 0.5) is 0 Å². The summed E-state index contributed by atoms with van der Waals surface area (Å²) in [5, 5.41) is 15.6. The van der Waals surface area contributed by atoms with E-state index in [2.05, 4.69) is 15.2 Å². The summed E-state index contributed by atoms with van der Waals surface area (Å²) >= 11 is 0. The second-order valence-corrected chi connectivity index (χ2v) is 4.35. The third-order valence-electron chi connectivity index (χ3n) is 3.01. The summed E-state index contributed by atoms with van der Waals surface area (Å²) in [6.07, 6.45) is 2.83. The molecule has 1 aromatic rings. The van der Waals surface area contributed by atoms with Gasteiger partial charge in [-0.2, -0.15) is 0 Å². The zero-order valence-electron chi connectivity index (χ0n) is 10.2. The molecular weight excluding hydrogens is 236 g/mol. The maximum atomic E-state index is 12.1. The van der Waals surface area contributed by atoms with Gasteiger partial charge in [-0.1, -0.05) is 6.92 Å². The van der Waals surface area contributed by atoms with Crippen molar-refractivity contribution in [3.05, 3.63) is 11.6 Å². The van der Waals surface area contributed by atoms with Crippen molar-refractivity contribution in [1.29, 1.82) is 0 Å². The fourth-order valence-electron chi connectivity index (χ4n) is 2.13. The van der Waals surface area contributed by atoms with Crippen LogP contribution in [0.3, 0.4) is 0 Å². The van der Waals surface area contributed by atoms with Crippen LogP contribution in [0.5, 0.6) is 0 Å². The molecule has 0 bridgehead atoms. The molecule has 1 saturated heterocycles. The van der Waals surface area contributed by atoms with Crippen LogP contribution in [0.15, 0.2) is 0 Å². The summed E-state index contributed by atoms with van der Waals surface area (Å²) in [5.41, 5.74) is 0. The predicted molar refractivity (Wildman–Crippen MR) is 62.1 cm³/mol. The molecule has 98 valence electrons. The SMILES string of the molecule is CCCc1nc(C(=O)N2CCCC2C(=O)O)n[nH]1. The van der Waals surface area contributed by atoms with E-state index in [-0.39, 0.29) is 5.82 Å². The van der Waals surface area contributed by atoms with Gasteiger partial charge in [0.05, 0.1) is 0 Å². The molecule has 0 radical (unpaired) electrons. The number of carbonyl (C=O) groups excluding carboxylic acids is 1. The Morgan fingerprint density at radius 2 is 2.33 bits per heavy atom. The van der Waals surface area contributed by atoms with E-state index in [9.17, 15) is 9.59 Å². The maximum Gasteiger partial charge on any atom is 0.326 e. The Bertz CT molecular complexity index is 457. The van der Waals surface area contributed by atoms with Crippen LogP contribution in [0.2, 0.25) is 0 Å². The van der Waals surface area contributed by atoms with Gasteiger partial charge in [0.2, 0.25) is 5.82 Å². The van der Waals surface area contributed by atoms with Gasteiger partial charge in [-0.3, -0.25) is 9.89 Å². The minimum atomic E-state index is -0.967. The van der Waals surface area contributed by atoms with Crippen molar-refractivity contribution in [2.75, 3.05) is 6.54 Å². The number of carbonyl (C=O) groups is 2. The number of rotatable bonds is 4. The van der Waals surface area contributed by atoms with Crippen LogP contribution in [-0.2, 0) is 11.2 Å². The Kier molecular flexibility index (Phi) is 3.59. The first-order valence-corrected chi connectivity index (χ1v) is 6.08. The third kappa shape index (κ3) is 2.34. The molecule has 1 aliphatic heterocycles. The molecule has 7 heteroatoms. The molecule has 18 heavy (non-hydrogen) atoms. The fraction of sp³-hybridized carbons (Fsp3) is 0.636. The molecule has 1 aliphatic rings. The molecule has 1 aromatic heterocycles. The van der Waals surface area contributed by atoms with Gasteiger partial charge in [0.25, 0.3) is 5.91 Å². The summed E-state index contributed by atoms with van der Waals surface area (Å²) < 4.78 is 0. The molecule has 0 saturated carbocycles. The number of aryl methyl sites for hydroxylation is 1. The topological polar surface area (TPSA) is 99.2 Å². The van der Waals surface area contributed by atoms with Crippen molar-refractivity contribution in [3.63, 3.8) is 0 Å². The fourth-order valence-corrected chi connectivity index (χ4v) is 2.13. The van der Waals surface area contributed by atoms with Gasteiger partial charge in [0.15, 0.2) is 0 Å². The Morgan fingerprint density at radius 1 is 1.56 bits per heavy atom. The number of nitrogens with zero attached hydrogens (tertiary/aromatic N) is 3. The van der Waals surface area contributed by atoms with Gasteiger partial charge < -0.3 is 10.0 Å². The predicted octanol–water partition coefficient (Wildman–Crippen LogP) is 0.446. The monoisotopic (exact) mass is 252 g/mol. The molecule has 1 fully saturated rings. The van der Waals surface area contributed by atoms with Gasteiger partial charge in [-0.15, -0.1) is 5.10 Å². The van der Waals surface area contributed by atoms with Gasteiger partial charge in [-0.25, -0.2) is 9.78 Å². The lowest BCUT2D eigenvalue weighted by atomic mass is 10.2. The number of aliphatic carboxylic acids is 1. The molecule has 2 N–H and O–H groups in total. The lowest BCUT2D eigenvalue weighted by molar-refractivity contribution is -0.141. The first-order valence-electron chi connectivity index (χ1n) is 6.08. The summed E-state index contributed by atoms with van der Waals surface area (Å²) in [6, 6.07) is -0.745. The molecular formula is C11H16N4O3. The molecule has 0 aromatic carbocycles.